The maximum Gasteiger partial charge on any atom is 0.00777 e. The highest BCUT2D eigenvalue weighted by atomic mass is 14.9. The van der Waals surface area contributed by atoms with Crippen LogP contribution in [0.3, 0.4) is 0 Å². The highest BCUT2D eigenvalue weighted by molar-refractivity contribution is 5.33. The van der Waals surface area contributed by atoms with Crippen molar-refractivity contribution in [3.8, 4) is 0 Å². The molecule has 19 heavy (non-hydrogen) atoms. The van der Waals surface area contributed by atoms with E-state index in [1.54, 1.807) is 5.56 Å². The minimum atomic E-state index is 0.253. The molecule has 1 nitrogen and oxygen atoms in total. The van der Waals surface area contributed by atoms with Crippen LogP contribution in [-0.4, -0.2) is 13.1 Å². The van der Waals surface area contributed by atoms with Gasteiger partial charge in [0.05, 0.1) is 0 Å². The summed E-state index contributed by atoms with van der Waals surface area (Å²) in [6.45, 7) is 11.3. The Hall–Kier alpha value is -0.820. The van der Waals surface area contributed by atoms with Crippen molar-refractivity contribution in [2.75, 3.05) is 13.1 Å². The average Bonchev–Trinajstić information content (AvgIpc) is 2.85. The molecule has 1 heteroatoms. The predicted octanol–water partition coefficient (Wildman–Crippen LogP) is 4.41. The fourth-order valence-corrected chi connectivity index (χ4v) is 3.31. The van der Waals surface area contributed by atoms with Gasteiger partial charge < -0.3 is 5.32 Å². The van der Waals surface area contributed by atoms with Crippen molar-refractivity contribution in [2.24, 2.45) is 0 Å². The van der Waals surface area contributed by atoms with Gasteiger partial charge >= 0.3 is 0 Å². The summed E-state index contributed by atoms with van der Waals surface area (Å²) in [5.74, 6) is 0. The quantitative estimate of drug-likeness (QED) is 0.845. The van der Waals surface area contributed by atoms with E-state index < -0.39 is 0 Å². The summed E-state index contributed by atoms with van der Waals surface area (Å²) in [4.78, 5) is 0. The summed E-state index contributed by atoms with van der Waals surface area (Å²) in [5, 5.41) is 3.57. The van der Waals surface area contributed by atoms with Crippen molar-refractivity contribution >= 4 is 0 Å². The SMILES string of the molecule is CCNCC1(c2ccc(C(C)(C)C)cc2)CCCC1. The van der Waals surface area contributed by atoms with Crippen molar-refractivity contribution in [2.45, 2.75) is 64.2 Å². The Morgan fingerprint density at radius 1 is 1.05 bits per heavy atom. The van der Waals surface area contributed by atoms with Gasteiger partial charge in [0.15, 0.2) is 0 Å². The molecular formula is C18H29N. The minimum absolute atomic E-state index is 0.253. The Bertz CT molecular complexity index is 391. The molecule has 1 saturated carbocycles. The first-order valence-electron chi connectivity index (χ1n) is 7.80. The summed E-state index contributed by atoms with van der Waals surface area (Å²) in [6, 6.07) is 9.43. The lowest BCUT2D eigenvalue weighted by molar-refractivity contribution is 0.410. The van der Waals surface area contributed by atoms with Gasteiger partial charge in [-0.3, -0.25) is 0 Å². The van der Waals surface area contributed by atoms with E-state index in [2.05, 4.69) is 57.3 Å². The van der Waals surface area contributed by atoms with Gasteiger partial charge in [-0.1, -0.05) is 64.8 Å². The smallest absolute Gasteiger partial charge is 0.00777 e. The molecule has 1 aliphatic carbocycles. The molecular weight excluding hydrogens is 230 g/mol. The van der Waals surface area contributed by atoms with E-state index in [0.29, 0.717) is 5.41 Å². The van der Waals surface area contributed by atoms with Gasteiger partial charge in [0.1, 0.15) is 0 Å². The Kier molecular flexibility index (Phi) is 4.35. The molecule has 0 spiro atoms. The molecule has 0 radical (unpaired) electrons. The maximum absolute atomic E-state index is 3.57. The third kappa shape index (κ3) is 3.20. The minimum Gasteiger partial charge on any atom is -0.316 e. The zero-order chi connectivity index (χ0) is 13.9. The largest absolute Gasteiger partial charge is 0.316 e. The molecule has 0 atom stereocenters. The first-order chi connectivity index (χ1) is 8.98. The van der Waals surface area contributed by atoms with Gasteiger partial charge in [-0.25, -0.2) is 0 Å². The van der Waals surface area contributed by atoms with Crippen LogP contribution in [-0.2, 0) is 10.8 Å². The Balaban J connectivity index is 2.23. The van der Waals surface area contributed by atoms with Crippen LogP contribution < -0.4 is 5.32 Å². The van der Waals surface area contributed by atoms with E-state index in [-0.39, 0.29) is 5.41 Å². The Labute approximate surface area is 118 Å². The maximum atomic E-state index is 3.57. The summed E-state index contributed by atoms with van der Waals surface area (Å²) in [7, 11) is 0. The van der Waals surface area contributed by atoms with E-state index >= 15 is 0 Å². The number of likely N-dealkylation sites (N-methyl/N-ethyl adjacent to an activating group) is 1. The number of hydrogen-bond donors (Lipinski definition) is 1. The molecule has 0 bridgehead atoms. The second kappa shape index (κ2) is 5.66. The number of hydrogen-bond acceptors (Lipinski definition) is 1. The summed E-state index contributed by atoms with van der Waals surface area (Å²) in [5.41, 5.74) is 3.63. The molecule has 106 valence electrons. The van der Waals surface area contributed by atoms with Crippen LogP contribution in [0, 0.1) is 0 Å². The molecule has 0 aromatic heterocycles. The van der Waals surface area contributed by atoms with Crippen LogP contribution in [0.25, 0.3) is 0 Å². The summed E-state index contributed by atoms with van der Waals surface area (Å²) >= 11 is 0. The van der Waals surface area contributed by atoms with Gasteiger partial charge in [0.2, 0.25) is 0 Å². The molecule has 1 aliphatic rings. The van der Waals surface area contributed by atoms with Crippen LogP contribution >= 0.6 is 0 Å². The van der Waals surface area contributed by atoms with Crippen LogP contribution in [0.1, 0.15) is 64.5 Å². The van der Waals surface area contributed by atoms with Gasteiger partial charge in [0.25, 0.3) is 0 Å². The third-order valence-corrected chi connectivity index (χ3v) is 4.64. The molecule has 0 heterocycles. The second-order valence-corrected chi connectivity index (χ2v) is 7.10. The number of benzene rings is 1. The average molecular weight is 259 g/mol. The summed E-state index contributed by atoms with van der Waals surface area (Å²) in [6.07, 6.45) is 5.45. The molecule has 1 aromatic rings. The highest BCUT2D eigenvalue weighted by Gasteiger charge is 2.35. The number of nitrogens with one attached hydrogen (secondary N) is 1. The van der Waals surface area contributed by atoms with Crippen molar-refractivity contribution < 1.29 is 0 Å². The van der Waals surface area contributed by atoms with Gasteiger partial charge in [-0.2, -0.15) is 0 Å². The third-order valence-electron chi connectivity index (χ3n) is 4.64. The Morgan fingerprint density at radius 3 is 2.11 bits per heavy atom. The monoisotopic (exact) mass is 259 g/mol. The molecule has 1 fully saturated rings. The molecule has 0 unspecified atom stereocenters. The molecule has 0 amide bonds. The lowest BCUT2D eigenvalue weighted by Gasteiger charge is -2.31. The van der Waals surface area contributed by atoms with Crippen molar-refractivity contribution in [3.63, 3.8) is 0 Å². The van der Waals surface area contributed by atoms with Crippen molar-refractivity contribution in [1.29, 1.82) is 0 Å². The fraction of sp³-hybridized carbons (Fsp3) is 0.667. The second-order valence-electron chi connectivity index (χ2n) is 7.10. The van der Waals surface area contributed by atoms with Crippen LogP contribution in [0.4, 0.5) is 0 Å². The molecule has 2 rings (SSSR count). The van der Waals surface area contributed by atoms with Gasteiger partial charge in [0, 0.05) is 12.0 Å². The van der Waals surface area contributed by atoms with E-state index in [9.17, 15) is 0 Å². The van der Waals surface area contributed by atoms with E-state index in [0.717, 1.165) is 13.1 Å². The van der Waals surface area contributed by atoms with E-state index in [4.69, 9.17) is 0 Å². The molecule has 0 saturated heterocycles. The van der Waals surface area contributed by atoms with Gasteiger partial charge in [-0.05, 0) is 35.9 Å². The topological polar surface area (TPSA) is 12.0 Å². The lowest BCUT2D eigenvalue weighted by Crippen LogP contribution is -2.35. The molecule has 1 aromatic carbocycles. The molecule has 0 aliphatic heterocycles. The zero-order valence-electron chi connectivity index (χ0n) is 13.1. The zero-order valence-corrected chi connectivity index (χ0v) is 13.1. The van der Waals surface area contributed by atoms with Crippen LogP contribution in [0.2, 0.25) is 0 Å². The molecule has 1 N–H and O–H groups in total. The first-order valence-corrected chi connectivity index (χ1v) is 7.80. The van der Waals surface area contributed by atoms with Crippen molar-refractivity contribution in [1.82, 2.24) is 5.32 Å². The standard InChI is InChI=1S/C18H29N/c1-5-19-14-18(12-6-7-13-18)16-10-8-15(9-11-16)17(2,3)4/h8-11,19H,5-7,12-14H2,1-4H3. The predicted molar refractivity (Wildman–Crippen MR) is 83.8 cm³/mol. The highest BCUT2D eigenvalue weighted by Crippen LogP contribution is 2.41. The van der Waals surface area contributed by atoms with E-state index in [1.165, 1.54) is 31.2 Å². The van der Waals surface area contributed by atoms with Gasteiger partial charge in [-0.15, -0.1) is 0 Å². The fourth-order valence-electron chi connectivity index (χ4n) is 3.31. The number of rotatable bonds is 4. The summed E-state index contributed by atoms with van der Waals surface area (Å²) < 4.78 is 0. The first kappa shape index (κ1) is 14.6. The van der Waals surface area contributed by atoms with E-state index in [1.807, 2.05) is 0 Å². The lowest BCUT2D eigenvalue weighted by atomic mass is 9.77. The van der Waals surface area contributed by atoms with Crippen LogP contribution in [0.15, 0.2) is 24.3 Å². The Morgan fingerprint density at radius 2 is 1.63 bits per heavy atom. The van der Waals surface area contributed by atoms with Crippen molar-refractivity contribution in [3.05, 3.63) is 35.4 Å². The van der Waals surface area contributed by atoms with Crippen LogP contribution in [0.5, 0.6) is 0 Å². The normalized spacial score (nSPS) is 18.7.